The molecule has 30 heavy (non-hydrogen) atoms. The van der Waals surface area contributed by atoms with Crippen LogP contribution in [0, 0.1) is 11.3 Å². The number of benzene rings is 3. The predicted molar refractivity (Wildman–Crippen MR) is 114 cm³/mol. The number of hydrogen-bond donors (Lipinski definition) is 1. The van der Waals surface area contributed by atoms with Gasteiger partial charge in [0, 0.05) is 11.6 Å². The highest BCUT2D eigenvalue weighted by atomic mass is 16.5. The zero-order valence-corrected chi connectivity index (χ0v) is 16.8. The number of nitrogens with zero attached hydrogens (tertiary/aromatic N) is 1. The van der Waals surface area contributed by atoms with Gasteiger partial charge in [0.1, 0.15) is 5.75 Å². The van der Waals surface area contributed by atoms with Crippen LogP contribution in [-0.2, 0) is 4.79 Å². The second-order valence-corrected chi connectivity index (χ2v) is 6.30. The maximum Gasteiger partial charge on any atom is 0.270 e. The maximum absolute atomic E-state index is 13.2. The molecule has 6 nitrogen and oxygen atoms in total. The molecule has 1 amide bonds. The van der Waals surface area contributed by atoms with E-state index in [0.717, 1.165) is 0 Å². The average Bonchev–Trinajstić information content (AvgIpc) is 2.79. The average molecular weight is 402 g/mol. The Hall–Kier alpha value is -3.98. The van der Waals surface area contributed by atoms with Crippen molar-refractivity contribution >= 4 is 11.6 Å². The Kier molecular flexibility index (Phi) is 6.91. The molecular formula is C24H22N2O4. The lowest BCUT2D eigenvalue weighted by Gasteiger charge is -2.21. The summed E-state index contributed by atoms with van der Waals surface area (Å²) in [6.45, 7) is 2.36. The molecule has 0 unspecified atom stereocenters. The van der Waals surface area contributed by atoms with Gasteiger partial charge in [0.2, 0.25) is 6.10 Å². The standard InChI is InChI=1S/C24H22N2O4/c1-3-29-20-12-8-7-11-19(20)26-24(27)23(18-9-5-4-6-10-18)30-21-14-13-17(16-25)15-22(21)28-2/h4-15,23H,3H2,1-2H3,(H,26,27)/t23-/m1/s1. The van der Waals surface area contributed by atoms with E-state index in [1.165, 1.54) is 7.11 Å². The smallest absolute Gasteiger partial charge is 0.270 e. The highest BCUT2D eigenvalue weighted by molar-refractivity contribution is 5.96. The van der Waals surface area contributed by atoms with Gasteiger partial charge in [-0.15, -0.1) is 0 Å². The molecule has 1 atom stereocenters. The summed E-state index contributed by atoms with van der Waals surface area (Å²) < 4.78 is 17.0. The number of amides is 1. The molecule has 0 bridgehead atoms. The number of carbonyl (C=O) groups is 1. The van der Waals surface area contributed by atoms with Gasteiger partial charge in [-0.2, -0.15) is 5.26 Å². The van der Waals surface area contributed by atoms with Crippen molar-refractivity contribution in [2.24, 2.45) is 0 Å². The van der Waals surface area contributed by atoms with E-state index >= 15 is 0 Å². The van der Waals surface area contributed by atoms with Crippen LogP contribution in [-0.4, -0.2) is 19.6 Å². The molecular weight excluding hydrogens is 380 g/mol. The third-order valence-corrected chi connectivity index (χ3v) is 4.32. The van der Waals surface area contributed by atoms with Crippen molar-refractivity contribution in [3.05, 3.63) is 83.9 Å². The number of ether oxygens (including phenoxy) is 3. The fourth-order valence-electron chi connectivity index (χ4n) is 2.91. The van der Waals surface area contributed by atoms with Crippen molar-refractivity contribution in [2.75, 3.05) is 19.0 Å². The van der Waals surface area contributed by atoms with E-state index in [0.29, 0.717) is 40.7 Å². The third kappa shape index (κ3) is 4.89. The Balaban J connectivity index is 1.93. The van der Waals surface area contributed by atoms with E-state index in [9.17, 15) is 4.79 Å². The highest BCUT2D eigenvalue weighted by Gasteiger charge is 2.25. The summed E-state index contributed by atoms with van der Waals surface area (Å²) in [5.41, 5.74) is 1.67. The van der Waals surface area contributed by atoms with Crippen molar-refractivity contribution in [2.45, 2.75) is 13.0 Å². The Labute approximate surface area is 175 Å². The molecule has 0 fully saturated rings. The van der Waals surface area contributed by atoms with E-state index in [1.54, 1.807) is 30.3 Å². The molecule has 0 aliphatic heterocycles. The van der Waals surface area contributed by atoms with Gasteiger partial charge in [-0.05, 0) is 31.2 Å². The van der Waals surface area contributed by atoms with Crippen LogP contribution in [0.3, 0.4) is 0 Å². The number of hydrogen-bond acceptors (Lipinski definition) is 5. The second kappa shape index (κ2) is 9.99. The summed E-state index contributed by atoms with van der Waals surface area (Å²) in [5, 5.41) is 12.0. The lowest BCUT2D eigenvalue weighted by Crippen LogP contribution is -2.26. The fourth-order valence-corrected chi connectivity index (χ4v) is 2.91. The first kappa shape index (κ1) is 20.7. The Morgan fingerprint density at radius 3 is 2.43 bits per heavy atom. The van der Waals surface area contributed by atoms with Crippen LogP contribution >= 0.6 is 0 Å². The Morgan fingerprint density at radius 1 is 1.00 bits per heavy atom. The quantitative estimate of drug-likeness (QED) is 0.589. The van der Waals surface area contributed by atoms with Gasteiger partial charge in [-0.3, -0.25) is 4.79 Å². The van der Waals surface area contributed by atoms with Crippen molar-refractivity contribution in [1.82, 2.24) is 0 Å². The SMILES string of the molecule is CCOc1ccccc1NC(=O)[C@H](Oc1ccc(C#N)cc1OC)c1ccccc1. The minimum Gasteiger partial charge on any atom is -0.493 e. The topological polar surface area (TPSA) is 80.6 Å². The summed E-state index contributed by atoms with van der Waals surface area (Å²) in [5.74, 6) is 0.951. The van der Waals surface area contributed by atoms with Crippen LogP contribution in [0.5, 0.6) is 17.2 Å². The van der Waals surface area contributed by atoms with Crippen molar-refractivity contribution in [3.8, 4) is 23.3 Å². The number of para-hydroxylation sites is 2. The zero-order valence-electron chi connectivity index (χ0n) is 16.8. The molecule has 1 N–H and O–H groups in total. The molecule has 0 spiro atoms. The van der Waals surface area contributed by atoms with E-state index in [2.05, 4.69) is 11.4 Å². The van der Waals surface area contributed by atoms with Gasteiger partial charge >= 0.3 is 0 Å². The van der Waals surface area contributed by atoms with Gasteiger partial charge in [-0.1, -0.05) is 42.5 Å². The lowest BCUT2D eigenvalue weighted by atomic mass is 10.1. The summed E-state index contributed by atoms with van der Waals surface area (Å²) in [7, 11) is 1.49. The second-order valence-electron chi connectivity index (χ2n) is 6.30. The van der Waals surface area contributed by atoms with Crippen LogP contribution in [0.4, 0.5) is 5.69 Å². The van der Waals surface area contributed by atoms with Gasteiger partial charge in [0.25, 0.3) is 5.91 Å². The van der Waals surface area contributed by atoms with E-state index < -0.39 is 6.10 Å². The molecule has 0 radical (unpaired) electrons. The molecule has 0 aliphatic carbocycles. The molecule has 6 heteroatoms. The van der Waals surface area contributed by atoms with Gasteiger partial charge in [-0.25, -0.2) is 0 Å². The highest BCUT2D eigenvalue weighted by Crippen LogP contribution is 2.33. The van der Waals surface area contributed by atoms with E-state index in [4.69, 9.17) is 19.5 Å². The van der Waals surface area contributed by atoms with Crippen LogP contribution in [0.2, 0.25) is 0 Å². The molecule has 152 valence electrons. The number of carbonyl (C=O) groups excluding carboxylic acids is 1. The number of nitrogens with one attached hydrogen (secondary N) is 1. The van der Waals surface area contributed by atoms with Crippen molar-refractivity contribution in [1.29, 1.82) is 5.26 Å². The summed E-state index contributed by atoms with van der Waals surface area (Å²) >= 11 is 0. The Bertz CT molecular complexity index is 1040. The van der Waals surface area contributed by atoms with Crippen LogP contribution in [0.25, 0.3) is 0 Å². The van der Waals surface area contributed by atoms with E-state index in [-0.39, 0.29) is 5.91 Å². The zero-order chi connectivity index (χ0) is 21.3. The third-order valence-electron chi connectivity index (χ3n) is 4.32. The molecule has 3 aromatic carbocycles. The van der Waals surface area contributed by atoms with Gasteiger partial charge < -0.3 is 19.5 Å². The van der Waals surface area contributed by atoms with Crippen LogP contribution in [0.1, 0.15) is 24.2 Å². The number of nitriles is 1. The summed E-state index contributed by atoms with van der Waals surface area (Å²) in [6.07, 6.45) is -0.942. The molecule has 0 aromatic heterocycles. The molecule has 0 aliphatic rings. The normalized spacial score (nSPS) is 11.1. The first-order chi connectivity index (χ1) is 14.7. The maximum atomic E-state index is 13.2. The molecule has 0 saturated carbocycles. The lowest BCUT2D eigenvalue weighted by molar-refractivity contribution is -0.123. The first-order valence-corrected chi connectivity index (χ1v) is 9.48. The molecule has 3 rings (SSSR count). The largest absolute Gasteiger partial charge is 0.493 e. The summed E-state index contributed by atoms with van der Waals surface area (Å²) in [6, 6.07) is 23.3. The van der Waals surface area contributed by atoms with E-state index in [1.807, 2.05) is 49.4 Å². The predicted octanol–water partition coefficient (Wildman–Crippen LogP) is 4.72. The molecule has 3 aromatic rings. The number of rotatable bonds is 8. The number of methoxy groups -OCH3 is 1. The first-order valence-electron chi connectivity index (χ1n) is 9.48. The monoisotopic (exact) mass is 402 g/mol. The Morgan fingerprint density at radius 2 is 1.73 bits per heavy atom. The minimum absolute atomic E-state index is 0.360. The van der Waals surface area contributed by atoms with Gasteiger partial charge in [0.15, 0.2) is 11.5 Å². The fraction of sp³-hybridized carbons (Fsp3) is 0.167. The molecule has 0 saturated heterocycles. The van der Waals surface area contributed by atoms with Gasteiger partial charge in [0.05, 0.1) is 31.0 Å². The van der Waals surface area contributed by atoms with Crippen LogP contribution in [0.15, 0.2) is 72.8 Å². The van der Waals surface area contributed by atoms with Crippen LogP contribution < -0.4 is 19.5 Å². The summed E-state index contributed by atoms with van der Waals surface area (Å²) in [4.78, 5) is 13.2. The number of anilines is 1. The molecule has 0 heterocycles. The minimum atomic E-state index is -0.942. The van der Waals surface area contributed by atoms with Crippen molar-refractivity contribution in [3.63, 3.8) is 0 Å². The van der Waals surface area contributed by atoms with Crippen molar-refractivity contribution < 1.29 is 19.0 Å².